The number of nitrogens with one attached hydrogen (secondary N) is 3. The first-order valence-corrected chi connectivity index (χ1v) is 10.0. The van der Waals surface area contributed by atoms with Crippen LogP contribution in [0.5, 0.6) is 0 Å². The Bertz CT molecular complexity index is 1040. The van der Waals surface area contributed by atoms with Crippen molar-refractivity contribution in [2.45, 2.75) is 39.5 Å². The number of aryl methyl sites for hydroxylation is 5. The molecule has 7 nitrogen and oxygen atoms in total. The van der Waals surface area contributed by atoms with E-state index < -0.39 is 10.0 Å². The molecular weight excluding hydrogens is 362 g/mol. The fraction of sp³-hybridized carbons (Fsp3) is 0.263. The third-order valence-corrected chi connectivity index (χ3v) is 5.89. The number of benzene rings is 1. The molecule has 142 valence electrons. The molecule has 0 amide bonds. The van der Waals surface area contributed by atoms with Crippen LogP contribution >= 0.6 is 0 Å². The van der Waals surface area contributed by atoms with E-state index >= 15 is 0 Å². The molecule has 0 atom stereocenters. The van der Waals surface area contributed by atoms with Crippen molar-refractivity contribution in [3.63, 3.8) is 0 Å². The summed E-state index contributed by atoms with van der Waals surface area (Å²) in [6.07, 6.45) is 1.60. The maximum Gasteiger partial charge on any atom is 0.266 e. The molecule has 3 N–H and O–H groups in total. The first kappa shape index (κ1) is 18.9. The molecule has 2 aromatic heterocycles. The van der Waals surface area contributed by atoms with Gasteiger partial charge >= 0.3 is 0 Å². The Morgan fingerprint density at radius 2 is 1.67 bits per heavy atom. The number of hydrogen-bond acceptors (Lipinski definition) is 5. The number of anilines is 3. The zero-order chi connectivity index (χ0) is 19.8. The number of H-pyrrole nitrogens is 1. The molecule has 8 heteroatoms. The third kappa shape index (κ3) is 3.95. The van der Waals surface area contributed by atoms with Gasteiger partial charge in [0.2, 0.25) is 0 Å². The molecule has 0 saturated carbocycles. The number of sulfonamides is 1. The Morgan fingerprint density at radius 1 is 1.00 bits per heavy atom. The van der Waals surface area contributed by atoms with Crippen LogP contribution in [0, 0.1) is 34.6 Å². The molecule has 0 radical (unpaired) electrons. The van der Waals surface area contributed by atoms with Gasteiger partial charge in [0, 0.05) is 5.69 Å². The summed E-state index contributed by atoms with van der Waals surface area (Å²) in [6, 6.07) is 7.64. The van der Waals surface area contributed by atoms with Crippen molar-refractivity contribution in [1.82, 2.24) is 15.2 Å². The fourth-order valence-corrected chi connectivity index (χ4v) is 4.56. The van der Waals surface area contributed by atoms with E-state index in [4.69, 9.17) is 0 Å². The fourth-order valence-electron chi connectivity index (χ4n) is 3.18. The lowest BCUT2D eigenvalue weighted by Gasteiger charge is -2.14. The van der Waals surface area contributed by atoms with Crippen LogP contribution in [0.1, 0.15) is 28.1 Å². The van der Waals surface area contributed by atoms with E-state index in [1.807, 2.05) is 13.8 Å². The molecule has 3 aromatic rings. The average Bonchev–Trinajstić information content (AvgIpc) is 2.91. The Labute approximate surface area is 159 Å². The first-order chi connectivity index (χ1) is 12.7. The third-order valence-electron chi connectivity index (χ3n) is 4.28. The summed E-state index contributed by atoms with van der Waals surface area (Å²) in [5, 5.41) is 9.96. The average molecular weight is 385 g/mol. The molecule has 27 heavy (non-hydrogen) atoms. The van der Waals surface area contributed by atoms with Crippen LogP contribution in [0.2, 0.25) is 0 Å². The van der Waals surface area contributed by atoms with Crippen molar-refractivity contribution in [2.75, 3.05) is 10.0 Å². The molecule has 0 aliphatic heterocycles. The molecule has 0 spiro atoms. The molecule has 0 fully saturated rings. The number of nitrogens with zero attached hydrogens (tertiary/aromatic N) is 2. The van der Waals surface area contributed by atoms with E-state index in [-0.39, 0.29) is 10.7 Å². The minimum Gasteiger partial charge on any atom is -0.354 e. The quantitative estimate of drug-likeness (QED) is 0.619. The summed E-state index contributed by atoms with van der Waals surface area (Å²) in [5.41, 5.74) is 6.21. The summed E-state index contributed by atoms with van der Waals surface area (Å²) in [6.45, 7) is 9.48. The van der Waals surface area contributed by atoms with Gasteiger partial charge in [0.25, 0.3) is 10.0 Å². The second-order valence-electron chi connectivity index (χ2n) is 6.70. The van der Waals surface area contributed by atoms with Gasteiger partial charge in [0.1, 0.15) is 10.7 Å². The van der Waals surface area contributed by atoms with Crippen LogP contribution in [0.25, 0.3) is 0 Å². The largest absolute Gasteiger partial charge is 0.354 e. The maximum absolute atomic E-state index is 12.6. The minimum absolute atomic E-state index is 0.150. The molecule has 0 saturated heterocycles. The van der Waals surface area contributed by atoms with E-state index in [0.717, 1.165) is 22.5 Å². The lowest BCUT2D eigenvalue weighted by Crippen LogP contribution is -2.15. The normalized spacial score (nSPS) is 11.4. The van der Waals surface area contributed by atoms with Crippen molar-refractivity contribution in [2.24, 2.45) is 0 Å². The van der Waals surface area contributed by atoms with E-state index in [1.54, 1.807) is 32.2 Å². The number of pyridine rings is 1. The highest BCUT2D eigenvalue weighted by atomic mass is 32.2. The number of aromatic amines is 1. The molecule has 2 heterocycles. The molecular formula is C19H23N5O2S. The molecule has 0 aliphatic rings. The molecule has 0 aliphatic carbocycles. The molecule has 3 rings (SSSR count). The highest BCUT2D eigenvalue weighted by Gasteiger charge is 2.22. The number of rotatable bonds is 5. The van der Waals surface area contributed by atoms with Crippen molar-refractivity contribution < 1.29 is 8.42 Å². The Balaban J connectivity index is 1.80. The van der Waals surface area contributed by atoms with E-state index in [9.17, 15) is 8.42 Å². The standard InChI is InChI=1S/C19H23N5O2S/c1-11-8-12(2)18(13(3)9-11)21-16-6-7-17(20-10-16)24-27(25,26)19-14(4)22-23-15(19)5/h6-10,21H,1-5H3,(H,20,24)(H,22,23). The monoisotopic (exact) mass is 385 g/mol. The predicted octanol–water partition coefficient (Wildman–Crippen LogP) is 3.89. The van der Waals surface area contributed by atoms with Crippen molar-refractivity contribution in [3.8, 4) is 0 Å². The van der Waals surface area contributed by atoms with Gasteiger partial charge in [-0.2, -0.15) is 5.10 Å². The van der Waals surface area contributed by atoms with Gasteiger partial charge in [-0.05, 0) is 57.9 Å². The van der Waals surface area contributed by atoms with E-state index in [1.165, 1.54) is 5.56 Å². The Morgan fingerprint density at radius 3 is 2.19 bits per heavy atom. The second kappa shape index (κ2) is 7.03. The van der Waals surface area contributed by atoms with Crippen LogP contribution < -0.4 is 10.0 Å². The van der Waals surface area contributed by atoms with Crippen LogP contribution in [0.3, 0.4) is 0 Å². The summed E-state index contributed by atoms with van der Waals surface area (Å²) in [4.78, 5) is 4.37. The predicted molar refractivity (Wildman–Crippen MR) is 107 cm³/mol. The van der Waals surface area contributed by atoms with Crippen LogP contribution in [-0.2, 0) is 10.0 Å². The minimum atomic E-state index is -3.75. The SMILES string of the molecule is Cc1cc(C)c(Nc2ccc(NS(=O)(=O)c3c(C)n[nH]c3C)nc2)c(C)c1. The highest BCUT2D eigenvalue weighted by molar-refractivity contribution is 7.92. The van der Waals surface area contributed by atoms with Gasteiger partial charge in [-0.1, -0.05) is 17.7 Å². The Hall–Kier alpha value is -2.87. The van der Waals surface area contributed by atoms with Gasteiger partial charge in [0.05, 0.1) is 23.3 Å². The molecule has 0 unspecified atom stereocenters. The topological polar surface area (TPSA) is 99.8 Å². The zero-order valence-corrected chi connectivity index (χ0v) is 16.8. The molecule has 1 aromatic carbocycles. The summed E-state index contributed by atoms with van der Waals surface area (Å²) in [5.74, 6) is 0.248. The maximum atomic E-state index is 12.6. The smallest absolute Gasteiger partial charge is 0.266 e. The zero-order valence-electron chi connectivity index (χ0n) is 16.0. The van der Waals surface area contributed by atoms with Gasteiger partial charge in [-0.15, -0.1) is 0 Å². The van der Waals surface area contributed by atoms with Crippen molar-refractivity contribution >= 4 is 27.2 Å². The lowest BCUT2D eigenvalue weighted by atomic mass is 10.1. The summed E-state index contributed by atoms with van der Waals surface area (Å²) in [7, 11) is -3.75. The van der Waals surface area contributed by atoms with Gasteiger partial charge in [-0.3, -0.25) is 9.82 Å². The highest BCUT2D eigenvalue weighted by Crippen LogP contribution is 2.26. The lowest BCUT2D eigenvalue weighted by molar-refractivity contribution is 0.600. The van der Waals surface area contributed by atoms with Crippen LogP contribution in [-0.4, -0.2) is 23.6 Å². The van der Waals surface area contributed by atoms with Gasteiger partial charge in [0.15, 0.2) is 0 Å². The van der Waals surface area contributed by atoms with Crippen molar-refractivity contribution in [3.05, 3.63) is 58.5 Å². The number of hydrogen-bond donors (Lipinski definition) is 3. The molecule has 0 bridgehead atoms. The van der Waals surface area contributed by atoms with Crippen LogP contribution in [0.15, 0.2) is 35.4 Å². The second-order valence-corrected chi connectivity index (χ2v) is 8.32. The van der Waals surface area contributed by atoms with E-state index in [0.29, 0.717) is 11.4 Å². The summed E-state index contributed by atoms with van der Waals surface area (Å²) < 4.78 is 27.6. The van der Waals surface area contributed by atoms with Crippen molar-refractivity contribution in [1.29, 1.82) is 0 Å². The van der Waals surface area contributed by atoms with Crippen LogP contribution in [0.4, 0.5) is 17.2 Å². The summed E-state index contributed by atoms with van der Waals surface area (Å²) >= 11 is 0. The van der Waals surface area contributed by atoms with Gasteiger partial charge in [-0.25, -0.2) is 13.4 Å². The first-order valence-electron chi connectivity index (χ1n) is 8.52. The Kier molecular flexibility index (Phi) is 4.93. The number of aromatic nitrogens is 3. The van der Waals surface area contributed by atoms with Gasteiger partial charge < -0.3 is 5.32 Å². The van der Waals surface area contributed by atoms with E-state index in [2.05, 4.69) is 44.3 Å².